The molecule has 2 unspecified atom stereocenters. The molecule has 2 atom stereocenters. The normalized spacial score (nSPS) is 12.5. The minimum Gasteiger partial charge on any atom is -0.466 e. The molecule has 0 saturated carbocycles. The minimum atomic E-state index is -0.843. The molecule has 0 aromatic rings. The molecule has 0 spiro atoms. The average Bonchev–Trinajstić information content (AvgIpc) is 3.58. The van der Waals surface area contributed by atoms with E-state index >= 15 is 0 Å². The molecule has 0 aromatic carbocycles. The van der Waals surface area contributed by atoms with E-state index in [9.17, 15) is 19.8 Å². The van der Waals surface area contributed by atoms with E-state index in [4.69, 9.17) is 4.74 Å². The van der Waals surface area contributed by atoms with E-state index in [0.717, 1.165) is 38.5 Å². The Morgan fingerprint density at radius 2 is 0.534 bits per heavy atom. The van der Waals surface area contributed by atoms with E-state index in [1.165, 1.54) is 398 Å². The fourth-order valence-electron chi connectivity index (χ4n) is 13.0. The molecule has 0 bridgehead atoms. The first kappa shape index (κ1) is 86.3. The first-order valence-corrected chi connectivity index (χ1v) is 40.6. The number of ether oxygens (including phenoxy) is 1. The summed E-state index contributed by atoms with van der Waals surface area (Å²) in [6.45, 7) is 4.96. The zero-order chi connectivity index (χ0) is 63.5. The number of hydrogen-bond acceptors (Lipinski definition) is 5. The second-order valence-corrected chi connectivity index (χ2v) is 28.1. The lowest BCUT2D eigenvalue weighted by Gasteiger charge is -2.20. The van der Waals surface area contributed by atoms with Crippen LogP contribution >= 0.6 is 0 Å². The van der Waals surface area contributed by atoms with Crippen LogP contribution in [0.2, 0.25) is 0 Å². The van der Waals surface area contributed by atoms with Crippen molar-refractivity contribution in [3.8, 4) is 0 Å². The van der Waals surface area contributed by atoms with Crippen LogP contribution in [-0.4, -0.2) is 47.4 Å². The maximum absolute atomic E-state index is 12.5. The highest BCUT2D eigenvalue weighted by Crippen LogP contribution is 2.20. The molecular weight excluding hydrogens is 1080 g/mol. The van der Waals surface area contributed by atoms with Crippen molar-refractivity contribution in [1.29, 1.82) is 0 Å². The Hall–Kier alpha value is -1.66. The van der Waals surface area contributed by atoms with E-state index < -0.39 is 12.1 Å². The van der Waals surface area contributed by atoms with Crippen molar-refractivity contribution >= 4 is 11.9 Å². The second kappa shape index (κ2) is 77.8. The van der Waals surface area contributed by atoms with Crippen LogP contribution in [0.5, 0.6) is 0 Å². The third-order valence-corrected chi connectivity index (χ3v) is 19.2. The van der Waals surface area contributed by atoms with Crippen molar-refractivity contribution in [3.63, 3.8) is 0 Å². The Kier molecular flexibility index (Phi) is 76.3. The number of esters is 1. The highest BCUT2D eigenvalue weighted by molar-refractivity contribution is 5.76. The number of allylic oxidation sites excluding steroid dienone is 3. The molecule has 1 amide bonds. The van der Waals surface area contributed by atoms with E-state index in [0.29, 0.717) is 19.4 Å². The molecule has 0 heterocycles. The van der Waals surface area contributed by atoms with Gasteiger partial charge in [0.15, 0.2) is 0 Å². The summed E-state index contributed by atoms with van der Waals surface area (Å²) in [7, 11) is 0. The molecular formula is C82H159NO5. The lowest BCUT2D eigenvalue weighted by Crippen LogP contribution is -2.45. The molecule has 0 aliphatic rings. The van der Waals surface area contributed by atoms with Gasteiger partial charge < -0.3 is 20.3 Å². The van der Waals surface area contributed by atoms with Gasteiger partial charge in [0.05, 0.1) is 25.4 Å². The smallest absolute Gasteiger partial charge is 0.305 e. The maximum atomic E-state index is 12.5. The van der Waals surface area contributed by atoms with Crippen molar-refractivity contribution < 1.29 is 24.5 Å². The summed E-state index contributed by atoms with van der Waals surface area (Å²) >= 11 is 0. The van der Waals surface area contributed by atoms with E-state index in [2.05, 4.69) is 31.3 Å². The molecule has 3 N–H and O–H groups in total. The van der Waals surface area contributed by atoms with E-state index in [1.54, 1.807) is 6.08 Å². The van der Waals surface area contributed by atoms with Gasteiger partial charge in [-0.25, -0.2) is 0 Å². The van der Waals surface area contributed by atoms with Crippen LogP contribution in [0.1, 0.15) is 463 Å². The quantitative estimate of drug-likeness (QED) is 0.0320. The predicted molar refractivity (Wildman–Crippen MR) is 389 cm³/mol. The standard InChI is InChI=1S/C82H159NO5/c1-3-5-7-9-11-13-15-17-19-21-22-23-37-40-43-46-50-54-58-62-66-70-74-80(85)79(78-84)83-81(86)75-71-67-63-59-55-51-47-44-41-38-35-33-31-29-27-25-24-26-28-30-32-34-36-39-42-45-49-53-57-61-65-69-73-77-88-82(87)76-72-68-64-60-56-52-48-20-18-16-14-12-10-8-6-4-2/h28,30,70,74,79-80,84-85H,3-27,29,31-69,71-73,75-78H2,1-2H3,(H,83,86)/b30-28-,74-70+. The Bertz CT molecular complexity index is 1380. The van der Waals surface area contributed by atoms with Crippen LogP contribution < -0.4 is 5.32 Å². The number of amides is 1. The number of aliphatic hydroxyl groups excluding tert-OH is 2. The van der Waals surface area contributed by atoms with Gasteiger partial charge in [0.25, 0.3) is 0 Å². The molecule has 0 fully saturated rings. The largest absolute Gasteiger partial charge is 0.466 e. The van der Waals surface area contributed by atoms with Gasteiger partial charge in [-0.1, -0.05) is 417 Å². The van der Waals surface area contributed by atoms with Crippen LogP contribution in [0.4, 0.5) is 0 Å². The number of nitrogens with one attached hydrogen (secondary N) is 1. The van der Waals surface area contributed by atoms with Crippen LogP contribution in [0.25, 0.3) is 0 Å². The van der Waals surface area contributed by atoms with Crippen LogP contribution in [0.3, 0.4) is 0 Å². The summed E-state index contributed by atoms with van der Waals surface area (Å²) in [5.74, 6) is -0.0367. The summed E-state index contributed by atoms with van der Waals surface area (Å²) in [5, 5.41) is 23.3. The monoisotopic (exact) mass is 1240 g/mol. The third-order valence-electron chi connectivity index (χ3n) is 19.2. The lowest BCUT2D eigenvalue weighted by molar-refractivity contribution is -0.143. The Labute approximate surface area is 551 Å². The van der Waals surface area contributed by atoms with Gasteiger partial charge in [0.2, 0.25) is 5.91 Å². The van der Waals surface area contributed by atoms with E-state index in [-0.39, 0.29) is 18.5 Å². The van der Waals surface area contributed by atoms with Gasteiger partial charge in [-0.05, 0) is 57.8 Å². The summed E-state index contributed by atoms with van der Waals surface area (Å²) in [6, 6.07) is -0.627. The number of unbranched alkanes of at least 4 members (excludes halogenated alkanes) is 64. The number of carbonyl (C=O) groups excluding carboxylic acids is 2. The van der Waals surface area contributed by atoms with Crippen molar-refractivity contribution in [1.82, 2.24) is 5.32 Å². The zero-order valence-electron chi connectivity index (χ0n) is 60.0. The molecule has 0 aromatic heterocycles. The molecule has 0 rings (SSSR count). The number of aliphatic hydroxyl groups is 2. The van der Waals surface area contributed by atoms with Gasteiger partial charge in [0.1, 0.15) is 0 Å². The number of rotatable bonds is 77. The number of carbonyl (C=O) groups is 2. The molecule has 0 aliphatic carbocycles. The molecule has 0 aliphatic heterocycles. The minimum absolute atomic E-state index is 0.0230. The van der Waals surface area contributed by atoms with Gasteiger partial charge >= 0.3 is 5.97 Å². The highest BCUT2D eigenvalue weighted by atomic mass is 16.5. The van der Waals surface area contributed by atoms with Gasteiger partial charge in [-0.2, -0.15) is 0 Å². The SMILES string of the molecule is CCCCCCCCCCCCCCCCCCCCCC/C=C/C(O)C(CO)NC(=O)CCCCCCCCCCCCCCCCCCC/C=C\CCCCCCCCCCCCCCOC(=O)CCCCCCCCCCCCCCCCCC. The van der Waals surface area contributed by atoms with Gasteiger partial charge in [-0.15, -0.1) is 0 Å². The molecule has 0 saturated heterocycles. The van der Waals surface area contributed by atoms with E-state index in [1.807, 2.05) is 6.08 Å². The van der Waals surface area contributed by atoms with Crippen molar-refractivity contribution in [3.05, 3.63) is 24.3 Å². The predicted octanol–water partition coefficient (Wildman–Crippen LogP) is 26.8. The first-order chi connectivity index (χ1) is 43.5. The van der Waals surface area contributed by atoms with Crippen LogP contribution in [0, 0.1) is 0 Å². The van der Waals surface area contributed by atoms with Gasteiger partial charge in [0, 0.05) is 12.8 Å². The summed E-state index contributed by atoms with van der Waals surface area (Å²) < 4.78 is 5.51. The Balaban J connectivity index is 3.36. The zero-order valence-corrected chi connectivity index (χ0v) is 60.0. The van der Waals surface area contributed by atoms with Crippen molar-refractivity contribution in [2.24, 2.45) is 0 Å². The van der Waals surface area contributed by atoms with Crippen LogP contribution in [-0.2, 0) is 14.3 Å². The topological polar surface area (TPSA) is 95.9 Å². The molecule has 88 heavy (non-hydrogen) atoms. The fraction of sp³-hybridized carbons (Fsp3) is 0.927. The maximum Gasteiger partial charge on any atom is 0.305 e. The Morgan fingerprint density at radius 3 is 0.807 bits per heavy atom. The Morgan fingerprint density at radius 1 is 0.307 bits per heavy atom. The van der Waals surface area contributed by atoms with Crippen molar-refractivity contribution in [2.75, 3.05) is 13.2 Å². The average molecular weight is 1240 g/mol. The summed E-state index contributed by atoms with van der Waals surface area (Å²) in [4.78, 5) is 24.7. The molecule has 6 heteroatoms. The summed E-state index contributed by atoms with van der Waals surface area (Å²) in [5.41, 5.74) is 0. The number of hydrogen-bond donors (Lipinski definition) is 3. The van der Waals surface area contributed by atoms with Crippen LogP contribution in [0.15, 0.2) is 24.3 Å². The molecule has 0 radical (unpaired) electrons. The fourth-order valence-corrected chi connectivity index (χ4v) is 13.0. The first-order valence-electron chi connectivity index (χ1n) is 40.6. The lowest BCUT2D eigenvalue weighted by atomic mass is 10.0. The molecule has 6 nitrogen and oxygen atoms in total. The van der Waals surface area contributed by atoms with Gasteiger partial charge in [-0.3, -0.25) is 9.59 Å². The van der Waals surface area contributed by atoms with Crippen molar-refractivity contribution in [2.45, 2.75) is 475 Å². The summed E-state index contributed by atoms with van der Waals surface area (Å²) in [6.07, 6.45) is 100. The third kappa shape index (κ3) is 73.4. The highest BCUT2D eigenvalue weighted by Gasteiger charge is 2.18. The molecule has 522 valence electrons. The second-order valence-electron chi connectivity index (χ2n) is 28.1.